The maximum Gasteiger partial charge on any atom is 0.170 e. The first-order valence-electron chi connectivity index (χ1n) is 7.20. The molecule has 0 saturated carbocycles. The van der Waals surface area contributed by atoms with Crippen LogP contribution in [-0.2, 0) is 6.54 Å². The number of anilines is 1. The van der Waals surface area contributed by atoms with E-state index in [9.17, 15) is 4.79 Å². The van der Waals surface area contributed by atoms with Gasteiger partial charge in [0.1, 0.15) is 0 Å². The number of aromatic nitrogens is 2. The van der Waals surface area contributed by atoms with Crippen molar-refractivity contribution in [1.29, 1.82) is 0 Å². The number of Topliss-reactive ketones (excluding diaryl/α,β-unsaturated/α-hetero) is 1. The second-order valence-corrected chi connectivity index (χ2v) is 5.47. The molecular weight excluding hydrogens is 296 g/mol. The Labute approximate surface area is 135 Å². The summed E-state index contributed by atoms with van der Waals surface area (Å²) in [6, 6.07) is 9.25. The van der Waals surface area contributed by atoms with Crippen LogP contribution in [0.25, 0.3) is 0 Å². The van der Waals surface area contributed by atoms with E-state index in [2.05, 4.69) is 15.7 Å². The lowest BCUT2D eigenvalue weighted by molar-refractivity contribution is 0.101. The predicted octanol–water partition coefficient (Wildman–Crippen LogP) is 2.77. The van der Waals surface area contributed by atoms with E-state index < -0.39 is 0 Å². The van der Waals surface area contributed by atoms with Crippen molar-refractivity contribution >= 4 is 28.8 Å². The second-order valence-electron chi connectivity index (χ2n) is 5.06. The van der Waals surface area contributed by atoms with Gasteiger partial charge in [0.05, 0.1) is 0 Å². The largest absolute Gasteiger partial charge is 0.362 e. The van der Waals surface area contributed by atoms with Crippen molar-refractivity contribution < 1.29 is 4.79 Å². The molecule has 0 bridgehead atoms. The van der Waals surface area contributed by atoms with E-state index >= 15 is 0 Å². The van der Waals surface area contributed by atoms with Gasteiger partial charge in [-0.1, -0.05) is 0 Å². The lowest BCUT2D eigenvalue weighted by atomic mass is 10.1. The number of aryl methyl sites for hydroxylation is 2. The quantitative estimate of drug-likeness (QED) is 0.487. The minimum atomic E-state index is 0.0566. The number of benzene rings is 1. The molecule has 0 fully saturated rings. The van der Waals surface area contributed by atoms with E-state index in [1.807, 2.05) is 29.8 Å². The molecule has 116 valence electrons. The maximum absolute atomic E-state index is 11.2. The van der Waals surface area contributed by atoms with Crippen LogP contribution in [0.5, 0.6) is 0 Å². The van der Waals surface area contributed by atoms with Gasteiger partial charge in [-0.05, 0) is 62.8 Å². The summed E-state index contributed by atoms with van der Waals surface area (Å²) in [6.45, 7) is 5.23. The number of ketones is 1. The number of hydrogen-bond donors (Lipinski definition) is 2. The molecule has 2 aromatic rings. The molecule has 0 aliphatic heterocycles. The van der Waals surface area contributed by atoms with Gasteiger partial charge >= 0.3 is 0 Å². The Morgan fingerprint density at radius 3 is 2.59 bits per heavy atom. The average Bonchev–Trinajstić information content (AvgIpc) is 2.89. The topological polar surface area (TPSA) is 59.0 Å². The Balaban J connectivity index is 1.71. The van der Waals surface area contributed by atoms with Crippen molar-refractivity contribution in [1.82, 2.24) is 15.1 Å². The summed E-state index contributed by atoms with van der Waals surface area (Å²) in [4.78, 5) is 11.2. The highest BCUT2D eigenvalue weighted by molar-refractivity contribution is 7.80. The highest BCUT2D eigenvalue weighted by Gasteiger charge is 2.01. The lowest BCUT2D eigenvalue weighted by Crippen LogP contribution is -2.29. The molecule has 5 nitrogen and oxygen atoms in total. The molecule has 2 N–H and O–H groups in total. The monoisotopic (exact) mass is 316 g/mol. The zero-order chi connectivity index (χ0) is 15.9. The second kappa shape index (κ2) is 7.70. The minimum Gasteiger partial charge on any atom is -0.362 e. The van der Waals surface area contributed by atoms with Crippen LogP contribution >= 0.6 is 12.2 Å². The smallest absolute Gasteiger partial charge is 0.170 e. The highest BCUT2D eigenvalue weighted by Crippen LogP contribution is 2.09. The first-order chi connectivity index (χ1) is 10.6. The molecule has 2 rings (SSSR count). The summed E-state index contributed by atoms with van der Waals surface area (Å²) in [5.74, 6) is 0.0566. The molecule has 1 heterocycles. The molecule has 0 amide bonds. The number of thiocarbonyl (C=S) groups is 1. The first-order valence-corrected chi connectivity index (χ1v) is 7.61. The SMILES string of the molecule is CC(=O)c1ccc(NC(=S)NCCCn2nccc2C)cc1. The number of nitrogens with one attached hydrogen (secondary N) is 2. The molecular formula is C16H20N4OS. The van der Waals surface area contributed by atoms with Crippen LogP contribution in [0.1, 0.15) is 29.4 Å². The summed E-state index contributed by atoms with van der Waals surface area (Å²) in [6.07, 6.45) is 2.74. The molecule has 1 aromatic carbocycles. The average molecular weight is 316 g/mol. The highest BCUT2D eigenvalue weighted by atomic mass is 32.1. The molecule has 0 radical (unpaired) electrons. The minimum absolute atomic E-state index is 0.0566. The zero-order valence-corrected chi connectivity index (χ0v) is 13.6. The van der Waals surface area contributed by atoms with Crippen LogP contribution < -0.4 is 10.6 Å². The van der Waals surface area contributed by atoms with Crippen LogP contribution in [0, 0.1) is 6.92 Å². The summed E-state index contributed by atoms with van der Waals surface area (Å²) in [5, 5.41) is 11.1. The number of hydrogen-bond acceptors (Lipinski definition) is 3. The number of carbonyl (C=O) groups excluding carboxylic acids is 1. The van der Waals surface area contributed by atoms with Gasteiger partial charge < -0.3 is 10.6 Å². The fourth-order valence-corrected chi connectivity index (χ4v) is 2.25. The fraction of sp³-hybridized carbons (Fsp3) is 0.312. The lowest BCUT2D eigenvalue weighted by Gasteiger charge is -2.11. The predicted molar refractivity (Wildman–Crippen MR) is 92.3 cm³/mol. The van der Waals surface area contributed by atoms with Crippen molar-refractivity contribution in [3.63, 3.8) is 0 Å². The van der Waals surface area contributed by atoms with Gasteiger partial charge in [0, 0.05) is 36.2 Å². The summed E-state index contributed by atoms with van der Waals surface area (Å²) < 4.78 is 1.97. The third-order valence-electron chi connectivity index (χ3n) is 3.31. The molecule has 0 spiro atoms. The summed E-state index contributed by atoms with van der Waals surface area (Å²) in [5.41, 5.74) is 2.72. The van der Waals surface area contributed by atoms with Gasteiger partial charge in [-0.2, -0.15) is 5.10 Å². The fourth-order valence-electron chi connectivity index (χ4n) is 2.03. The standard InChI is InChI=1S/C16H20N4OS/c1-12-8-10-18-20(12)11-3-9-17-16(22)19-15-6-4-14(5-7-15)13(2)21/h4-8,10H,3,9,11H2,1-2H3,(H2,17,19,22). The van der Waals surface area contributed by atoms with Gasteiger partial charge in [-0.15, -0.1) is 0 Å². The number of carbonyl (C=O) groups is 1. The third kappa shape index (κ3) is 4.66. The van der Waals surface area contributed by atoms with Crippen molar-refractivity contribution in [2.75, 3.05) is 11.9 Å². The van der Waals surface area contributed by atoms with E-state index in [1.165, 1.54) is 0 Å². The van der Waals surface area contributed by atoms with Gasteiger partial charge in [-0.3, -0.25) is 9.48 Å². The molecule has 0 atom stereocenters. The first kappa shape index (κ1) is 16.2. The molecule has 0 unspecified atom stereocenters. The van der Waals surface area contributed by atoms with Crippen LogP contribution in [-0.4, -0.2) is 27.2 Å². The van der Waals surface area contributed by atoms with Gasteiger partial charge in [0.25, 0.3) is 0 Å². The maximum atomic E-state index is 11.2. The Morgan fingerprint density at radius 2 is 2.00 bits per heavy atom. The normalized spacial score (nSPS) is 10.3. The Morgan fingerprint density at radius 1 is 1.27 bits per heavy atom. The van der Waals surface area contributed by atoms with Gasteiger partial charge in [0.15, 0.2) is 10.9 Å². The van der Waals surface area contributed by atoms with Crippen molar-refractivity contribution in [2.24, 2.45) is 0 Å². The van der Waals surface area contributed by atoms with E-state index in [0.717, 1.165) is 30.9 Å². The van der Waals surface area contributed by atoms with E-state index in [-0.39, 0.29) is 5.78 Å². The number of nitrogens with zero attached hydrogens (tertiary/aromatic N) is 2. The molecule has 0 aliphatic carbocycles. The number of rotatable bonds is 6. The summed E-state index contributed by atoms with van der Waals surface area (Å²) >= 11 is 5.25. The van der Waals surface area contributed by atoms with E-state index in [1.54, 1.807) is 25.3 Å². The molecule has 0 saturated heterocycles. The Hall–Kier alpha value is -2.21. The molecule has 0 aliphatic rings. The van der Waals surface area contributed by atoms with Crippen LogP contribution in [0.2, 0.25) is 0 Å². The molecule has 6 heteroatoms. The third-order valence-corrected chi connectivity index (χ3v) is 3.56. The van der Waals surface area contributed by atoms with Crippen molar-refractivity contribution in [3.8, 4) is 0 Å². The van der Waals surface area contributed by atoms with Gasteiger partial charge in [-0.25, -0.2) is 0 Å². The van der Waals surface area contributed by atoms with E-state index in [0.29, 0.717) is 10.7 Å². The van der Waals surface area contributed by atoms with Crippen LogP contribution in [0.3, 0.4) is 0 Å². The molecule has 22 heavy (non-hydrogen) atoms. The Bertz CT molecular complexity index is 648. The van der Waals surface area contributed by atoms with Gasteiger partial charge in [0.2, 0.25) is 0 Å². The summed E-state index contributed by atoms with van der Waals surface area (Å²) in [7, 11) is 0. The van der Waals surface area contributed by atoms with Crippen LogP contribution in [0.4, 0.5) is 5.69 Å². The zero-order valence-electron chi connectivity index (χ0n) is 12.8. The Kier molecular flexibility index (Phi) is 5.66. The molecule has 1 aromatic heterocycles. The van der Waals surface area contributed by atoms with Crippen molar-refractivity contribution in [2.45, 2.75) is 26.8 Å². The van der Waals surface area contributed by atoms with Crippen molar-refractivity contribution in [3.05, 3.63) is 47.8 Å². The van der Waals surface area contributed by atoms with Crippen LogP contribution in [0.15, 0.2) is 36.5 Å². The van der Waals surface area contributed by atoms with E-state index in [4.69, 9.17) is 12.2 Å².